The third-order valence-corrected chi connectivity index (χ3v) is 5.85. The minimum atomic E-state index is -3.24. The van der Waals surface area contributed by atoms with Crippen LogP contribution in [0.4, 0.5) is 5.69 Å². The van der Waals surface area contributed by atoms with Crippen LogP contribution in [0.25, 0.3) is 0 Å². The van der Waals surface area contributed by atoms with Gasteiger partial charge in [0.05, 0.1) is 18.7 Å². The van der Waals surface area contributed by atoms with Gasteiger partial charge in [-0.15, -0.1) is 0 Å². The molecule has 0 fully saturated rings. The number of nitrogens with zero attached hydrogens (tertiary/aromatic N) is 1. The van der Waals surface area contributed by atoms with Crippen LogP contribution in [0.1, 0.15) is 25.3 Å². The maximum Gasteiger partial charge on any atom is 0.306 e. The van der Waals surface area contributed by atoms with E-state index in [0.717, 1.165) is 11.0 Å². The average molecular weight is 423 g/mol. The van der Waals surface area contributed by atoms with Gasteiger partial charge in [0.1, 0.15) is 0 Å². The summed E-state index contributed by atoms with van der Waals surface area (Å²) in [7, 11) is -3.24. The Kier molecular flexibility index (Phi) is 7.95. The number of carbonyl (C=O) groups is 3. The first-order chi connectivity index (χ1) is 13.7. The number of anilines is 1. The number of benzene rings is 1. The lowest BCUT2D eigenvalue weighted by molar-refractivity contribution is -0.152. The van der Waals surface area contributed by atoms with Crippen molar-refractivity contribution in [3.8, 4) is 0 Å². The highest BCUT2D eigenvalue weighted by Gasteiger charge is 2.25. The van der Waals surface area contributed by atoms with Gasteiger partial charge in [-0.1, -0.05) is 31.2 Å². The summed E-state index contributed by atoms with van der Waals surface area (Å²) in [5, 5.41) is 3.86. The second-order valence-electron chi connectivity index (χ2n) is 6.96. The van der Waals surface area contributed by atoms with Gasteiger partial charge in [0.25, 0.3) is 5.91 Å². The van der Waals surface area contributed by atoms with Crippen LogP contribution in [0.2, 0.25) is 0 Å². The number of esters is 1. The summed E-state index contributed by atoms with van der Waals surface area (Å²) in [6.45, 7) is 3.45. The fraction of sp³-hybridized carbons (Fsp3) is 0.450. The van der Waals surface area contributed by atoms with Crippen LogP contribution < -0.4 is 5.32 Å². The smallest absolute Gasteiger partial charge is 0.306 e. The molecule has 0 saturated heterocycles. The molecule has 1 atom stereocenters. The number of nitrogens with one attached hydrogen (secondary N) is 1. The first-order valence-electron chi connectivity index (χ1n) is 9.40. The molecule has 158 valence electrons. The molecular formula is C20H26N2O6S. The number of allylic oxidation sites excluding steroid dienone is 1. The van der Waals surface area contributed by atoms with Crippen LogP contribution >= 0.6 is 0 Å². The molecule has 0 aliphatic carbocycles. The highest BCUT2D eigenvalue weighted by molar-refractivity contribution is 7.94. The number of sulfone groups is 1. The zero-order valence-electron chi connectivity index (χ0n) is 16.6. The Hall–Kier alpha value is -2.68. The van der Waals surface area contributed by atoms with E-state index in [0.29, 0.717) is 18.7 Å². The van der Waals surface area contributed by atoms with Crippen LogP contribution in [0.5, 0.6) is 0 Å². The summed E-state index contributed by atoms with van der Waals surface area (Å²) in [5.41, 5.74) is 1.58. The third-order valence-electron chi connectivity index (χ3n) is 4.39. The van der Waals surface area contributed by atoms with Crippen molar-refractivity contribution in [1.82, 2.24) is 4.90 Å². The Bertz CT molecular complexity index is 894. The van der Waals surface area contributed by atoms with E-state index >= 15 is 0 Å². The summed E-state index contributed by atoms with van der Waals surface area (Å²) in [5.74, 6) is -2.03. The molecule has 2 amide bonds. The van der Waals surface area contributed by atoms with E-state index in [-0.39, 0.29) is 24.6 Å². The number of ether oxygens (including phenoxy) is 1. The standard InChI is InChI=1S/C20H26N2O6S/c1-3-9-22(12-18(23)21-17-7-5-4-6-15(17)2)19(24)13-28-20(25)11-16-8-10-29(26,27)14-16/h4-8,10,16H,3,9,11-14H2,1-2H3,(H,21,23). The Morgan fingerprint density at radius 2 is 1.97 bits per heavy atom. The van der Waals surface area contributed by atoms with E-state index in [1.54, 1.807) is 6.07 Å². The van der Waals surface area contributed by atoms with Crippen molar-refractivity contribution in [3.63, 3.8) is 0 Å². The minimum absolute atomic E-state index is 0.107. The topological polar surface area (TPSA) is 110 Å². The van der Waals surface area contributed by atoms with Crippen LogP contribution in [0.3, 0.4) is 0 Å². The summed E-state index contributed by atoms with van der Waals surface area (Å²) in [6.07, 6.45) is 1.99. The van der Waals surface area contributed by atoms with Gasteiger partial charge in [0, 0.05) is 23.6 Å². The molecule has 1 unspecified atom stereocenters. The largest absolute Gasteiger partial charge is 0.456 e. The average Bonchev–Trinajstić information content (AvgIpc) is 2.99. The molecule has 1 heterocycles. The number of hydrogen-bond donors (Lipinski definition) is 1. The van der Waals surface area contributed by atoms with E-state index in [1.807, 2.05) is 32.0 Å². The van der Waals surface area contributed by atoms with E-state index in [4.69, 9.17) is 4.74 Å². The molecule has 0 aromatic heterocycles. The first-order valence-corrected chi connectivity index (χ1v) is 11.1. The van der Waals surface area contributed by atoms with Gasteiger partial charge in [-0.3, -0.25) is 14.4 Å². The summed E-state index contributed by atoms with van der Waals surface area (Å²) < 4.78 is 27.7. The van der Waals surface area contributed by atoms with Gasteiger partial charge in [-0.2, -0.15) is 0 Å². The monoisotopic (exact) mass is 422 g/mol. The minimum Gasteiger partial charge on any atom is -0.456 e. The van der Waals surface area contributed by atoms with Crippen molar-refractivity contribution in [3.05, 3.63) is 41.3 Å². The number of rotatable bonds is 9. The number of carbonyl (C=O) groups excluding carboxylic acids is 3. The van der Waals surface area contributed by atoms with Gasteiger partial charge in [-0.05, 0) is 25.0 Å². The number of aryl methyl sites for hydroxylation is 1. The summed E-state index contributed by atoms with van der Waals surface area (Å²) in [4.78, 5) is 37.9. The zero-order valence-corrected chi connectivity index (χ0v) is 17.4. The molecule has 1 aromatic carbocycles. The lowest BCUT2D eigenvalue weighted by atomic mass is 10.1. The number of amides is 2. The van der Waals surface area contributed by atoms with Crippen LogP contribution in [-0.2, 0) is 29.0 Å². The molecule has 29 heavy (non-hydrogen) atoms. The molecule has 2 rings (SSSR count). The molecule has 0 spiro atoms. The molecule has 9 heteroatoms. The maximum atomic E-state index is 12.4. The predicted octanol–water partition coefficient (Wildman–Crippen LogP) is 1.66. The Labute approximate surface area is 170 Å². The molecule has 1 aliphatic rings. The van der Waals surface area contributed by atoms with Gasteiger partial charge in [0.2, 0.25) is 5.91 Å². The van der Waals surface area contributed by atoms with Crippen molar-refractivity contribution in [2.24, 2.45) is 5.92 Å². The van der Waals surface area contributed by atoms with Crippen LogP contribution in [0, 0.1) is 12.8 Å². The van der Waals surface area contributed by atoms with Crippen molar-refractivity contribution in [2.45, 2.75) is 26.7 Å². The summed E-state index contributed by atoms with van der Waals surface area (Å²) in [6, 6.07) is 7.32. The van der Waals surface area contributed by atoms with E-state index in [2.05, 4.69) is 5.32 Å². The SMILES string of the molecule is CCCN(CC(=O)Nc1ccccc1C)C(=O)COC(=O)CC1C=CS(=O)(=O)C1. The molecule has 0 bridgehead atoms. The predicted molar refractivity (Wildman–Crippen MR) is 109 cm³/mol. The van der Waals surface area contributed by atoms with E-state index in [1.165, 1.54) is 11.0 Å². The van der Waals surface area contributed by atoms with Gasteiger partial charge >= 0.3 is 5.97 Å². The molecule has 1 N–H and O–H groups in total. The van der Waals surface area contributed by atoms with Crippen molar-refractivity contribution >= 4 is 33.3 Å². The number of hydrogen-bond acceptors (Lipinski definition) is 6. The van der Waals surface area contributed by atoms with Gasteiger partial charge < -0.3 is 15.0 Å². The van der Waals surface area contributed by atoms with E-state index < -0.39 is 34.2 Å². The van der Waals surface area contributed by atoms with E-state index in [9.17, 15) is 22.8 Å². The normalized spacial score (nSPS) is 17.0. The third kappa shape index (κ3) is 7.34. The molecule has 0 saturated carbocycles. The fourth-order valence-electron chi connectivity index (χ4n) is 2.91. The maximum absolute atomic E-state index is 12.4. The Balaban J connectivity index is 1.83. The molecule has 0 radical (unpaired) electrons. The second-order valence-corrected chi connectivity index (χ2v) is 8.89. The van der Waals surface area contributed by atoms with Crippen molar-refractivity contribution < 1.29 is 27.5 Å². The Morgan fingerprint density at radius 1 is 1.24 bits per heavy atom. The zero-order chi connectivity index (χ0) is 21.4. The molecular weight excluding hydrogens is 396 g/mol. The summed E-state index contributed by atoms with van der Waals surface area (Å²) >= 11 is 0. The highest BCUT2D eigenvalue weighted by atomic mass is 32.2. The fourth-order valence-corrected chi connectivity index (χ4v) is 4.31. The first kappa shape index (κ1) is 22.6. The molecule has 1 aliphatic heterocycles. The highest BCUT2D eigenvalue weighted by Crippen LogP contribution is 2.18. The van der Waals surface area contributed by atoms with Gasteiger partial charge in [0.15, 0.2) is 16.4 Å². The Morgan fingerprint density at radius 3 is 2.59 bits per heavy atom. The molecule has 1 aromatic rings. The molecule has 8 nitrogen and oxygen atoms in total. The van der Waals surface area contributed by atoms with Gasteiger partial charge in [-0.25, -0.2) is 8.42 Å². The van der Waals surface area contributed by atoms with Crippen LogP contribution in [0.15, 0.2) is 35.7 Å². The van der Waals surface area contributed by atoms with Crippen molar-refractivity contribution in [2.75, 3.05) is 30.8 Å². The quantitative estimate of drug-likeness (QED) is 0.606. The lowest BCUT2D eigenvalue weighted by Gasteiger charge is -2.22. The second kappa shape index (κ2) is 10.2. The number of para-hydroxylation sites is 1. The van der Waals surface area contributed by atoms with Crippen molar-refractivity contribution in [1.29, 1.82) is 0 Å². The lowest BCUT2D eigenvalue weighted by Crippen LogP contribution is -2.41. The van der Waals surface area contributed by atoms with Crippen LogP contribution in [-0.4, -0.2) is 56.6 Å².